The average Bonchev–Trinajstić information content (AvgIpc) is 2.80. The minimum Gasteiger partial charge on any atom is -0.352 e. The molecule has 0 saturated carbocycles. The van der Waals surface area contributed by atoms with E-state index in [1.807, 2.05) is 51.1 Å². The lowest BCUT2D eigenvalue weighted by atomic mass is 10.1. The predicted octanol–water partition coefficient (Wildman–Crippen LogP) is 3.89. The number of carbonyl (C=O) groups excluding carboxylic acids is 2. The van der Waals surface area contributed by atoms with Gasteiger partial charge in [0.05, 0.1) is 11.9 Å². The minimum atomic E-state index is -3.80. The summed E-state index contributed by atoms with van der Waals surface area (Å²) >= 11 is 0. The second-order valence-electron chi connectivity index (χ2n) is 8.95. The molecule has 198 valence electrons. The summed E-state index contributed by atoms with van der Waals surface area (Å²) in [5, 5.41) is 2.87. The number of nitrogens with one attached hydrogen (secondary N) is 1. The van der Waals surface area contributed by atoms with Crippen molar-refractivity contribution in [3.05, 3.63) is 65.7 Å². The molecule has 0 saturated heterocycles. The third-order valence-electron chi connectivity index (χ3n) is 5.64. The van der Waals surface area contributed by atoms with Crippen LogP contribution in [0, 0.1) is 11.6 Å². The molecular formula is C26H35F2N3O4S. The Morgan fingerprint density at radius 3 is 2.22 bits per heavy atom. The maximum absolute atomic E-state index is 13.7. The van der Waals surface area contributed by atoms with Gasteiger partial charge in [-0.3, -0.25) is 13.9 Å². The number of halogens is 2. The normalized spacial score (nSPS) is 12.3. The molecule has 2 rings (SSSR count). The van der Waals surface area contributed by atoms with E-state index in [2.05, 4.69) is 5.32 Å². The van der Waals surface area contributed by atoms with Gasteiger partial charge in [0, 0.05) is 31.6 Å². The van der Waals surface area contributed by atoms with E-state index >= 15 is 0 Å². The Bertz CT molecular complexity index is 1130. The van der Waals surface area contributed by atoms with Crippen molar-refractivity contribution in [3.8, 4) is 0 Å². The summed E-state index contributed by atoms with van der Waals surface area (Å²) in [5.41, 5.74) is 1.00. The number of hydrogen-bond donors (Lipinski definition) is 1. The number of carbonyl (C=O) groups is 2. The topological polar surface area (TPSA) is 86.8 Å². The van der Waals surface area contributed by atoms with Crippen molar-refractivity contribution >= 4 is 27.5 Å². The Hall–Kier alpha value is -3.01. The van der Waals surface area contributed by atoms with Crippen molar-refractivity contribution in [2.45, 2.75) is 58.5 Å². The Kier molecular flexibility index (Phi) is 10.8. The zero-order valence-electron chi connectivity index (χ0n) is 21.2. The molecule has 0 bridgehead atoms. The van der Waals surface area contributed by atoms with Crippen molar-refractivity contribution < 1.29 is 26.8 Å². The third-order valence-corrected chi connectivity index (χ3v) is 6.84. The zero-order valence-corrected chi connectivity index (χ0v) is 22.0. The van der Waals surface area contributed by atoms with Crippen LogP contribution in [0.5, 0.6) is 0 Å². The first-order valence-electron chi connectivity index (χ1n) is 12.0. The molecule has 10 heteroatoms. The zero-order chi connectivity index (χ0) is 26.9. The molecule has 2 aromatic rings. The van der Waals surface area contributed by atoms with Gasteiger partial charge in [0.2, 0.25) is 21.8 Å². The average molecular weight is 524 g/mol. The molecular weight excluding hydrogens is 488 g/mol. The fourth-order valence-electron chi connectivity index (χ4n) is 3.92. The molecule has 2 amide bonds. The van der Waals surface area contributed by atoms with Crippen molar-refractivity contribution in [2.24, 2.45) is 0 Å². The van der Waals surface area contributed by atoms with Gasteiger partial charge in [0.15, 0.2) is 11.6 Å². The van der Waals surface area contributed by atoms with Gasteiger partial charge in [-0.25, -0.2) is 17.2 Å². The van der Waals surface area contributed by atoms with Crippen molar-refractivity contribution in [3.63, 3.8) is 0 Å². The Morgan fingerprint density at radius 1 is 1.00 bits per heavy atom. The smallest absolute Gasteiger partial charge is 0.242 e. The van der Waals surface area contributed by atoms with Crippen LogP contribution in [-0.2, 0) is 26.0 Å². The molecule has 0 aromatic heterocycles. The van der Waals surface area contributed by atoms with E-state index in [-0.39, 0.29) is 42.9 Å². The maximum atomic E-state index is 13.7. The largest absolute Gasteiger partial charge is 0.352 e. The molecule has 7 nitrogen and oxygen atoms in total. The first-order chi connectivity index (χ1) is 16.9. The molecule has 0 aliphatic carbocycles. The van der Waals surface area contributed by atoms with Crippen LogP contribution >= 0.6 is 0 Å². The highest BCUT2D eigenvalue weighted by molar-refractivity contribution is 7.92. The van der Waals surface area contributed by atoms with E-state index in [1.165, 1.54) is 6.07 Å². The molecule has 1 atom stereocenters. The number of anilines is 1. The lowest BCUT2D eigenvalue weighted by molar-refractivity contribution is -0.141. The number of hydrogen-bond acceptors (Lipinski definition) is 4. The van der Waals surface area contributed by atoms with E-state index in [0.717, 1.165) is 28.3 Å². The van der Waals surface area contributed by atoms with Crippen LogP contribution in [0.1, 0.15) is 45.6 Å². The summed E-state index contributed by atoms with van der Waals surface area (Å²) in [7, 11) is -3.80. The Balaban J connectivity index is 2.17. The van der Waals surface area contributed by atoms with Gasteiger partial charge in [-0.15, -0.1) is 0 Å². The van der Waals surface area contributed by atoms with Crippen LogP contribution in [0.3, 0.4) is 0 Å². The van der Waals surface area contributed by atoms with E-state index in [1.54, 1.807) is 4.90 Å². The van der Waals surface area contributed by atoms with E-state index in [9.17, 15) is 26.8 Å². The molecule has 0 spiro atoms. The molecule has 36 heavy (non-hydrogen) atoms. The number of benzene rings is 2. The first kappa shape index (κ1) is 29.2. The maximum Gasteiger partial charge on any atom is 0.242 e. The number of sulfonamides is 1. The second-order valence-corrected chi connectivity index (χ2v) is 10.9. The summed E-state index contributed by atoms with van der Waals surface area (Å²) in [5.74, 6) is -2.77. The SMILES string of the molecule is CC[C@@H](C(=O)NC(C)C)N(CCc1ccccc1)C(=O)CCCN(c1ccc(F)c(F)c1)S(C)(=O)=O. The molecule has 2 aromatic carbocycles. The van der Waals surface area contributed by atoms with Crippen LogP contribution in [0.15, 0.2) is 48.5 Å². The molecule has 0 aliphatic rings. The summed E-state index contributed by atoms with van der Waals surface area (Å²) in [6.07, 6.45) is 2.06. The van der Waals surface area contributed by atoms with Gasteiger partial charge >= 0.3 is 0 Å². The summed E-state index contributed by atoms with van der Waals surface area (Å²) in [6, 6.07) is 11.7. The lowest BCUT2D eigenvalue weighted by Gasteiger charge is -2.31. The third kappa shape index (κ3) is 8.58. The van der Waals surface area contributed by atoms with Gasteiger partial charge in [0.25, 0.3) is 0 Å². The van der Waals surface area contributed by atoms with Gasteiger partial charge in [0.1, 0.15) is 6.04 Å². The fraction of sp³-hybridized carbons (Fsp3) is 0.462. The van der Waals surface area contributed by atoms with Gasteiger partial charge in [-0.1, -0.05) is 37.3 Å². The van der Waals surface area contributed by atoms with Gasteiger partial charge in [-0.05, 0) is 50.8 Å². The van der Waals surface area contributed by atoms with E-state index in [0.29, 0.717) is 19.4 Å². The van der Waals surface area contributed by atoms with Gasteiger partial charge in [-0.2, -0.15) is 0 Å². The second kappa shape index (κ2) is 13.3. The quantitative estimate of drug-likeness (QED) is 0.432. The van der Waals surface area contributed by atoms with Crippen molar-refractivity contribution in [2.75, 3.05) is 23.7 Å². The van der Waals surface area contributed by atoms with Crippen LogP contribution in [0.2, 0.25) is 0 Å². The number of nitrogens with zero attached hydrogens (tertiary/aromatic N) is 2. The summed E-state index contributed by atoms with van der Waals surface area (Å²) in [6.45, 7) is 5.75. The van der Waals surface area contributed by atoms with Crippen LogP contribution in [-0.4, -0.2) is 56.6 Å². The van der Waals surface area contributed by atoms with Crippen LogP contribution in [0.4, 0.5) is 14.5 Å². The van der Waals surface area contributed by atoms with Crippen LogP contribution in [0.25, 0.3) is 0 Å². The number of amides is 2. The molecule has 0 unspecified atom stereocenters. The highest BCUT2D eigenvalue weighted by atomic mass is 32.2. The summed E-state index contributed by atoms with van der Waals surface area (Å²) in [4.78, 5) is 27.7. The Morgan fingerprint density at radius 2 is 1.67 bits per heavy atom. The van der Waals surface area contributed by atoms with Crippen molar-refractivity contribution in [1.29, 1.82) is 0 Å². The monoisotopic (exact) mass is 523 g/mol. The van der Waals surface area contributed by atoms with Crippen LogP contribution < -0.4 is 9.62 Å². The summed E-state index contributed by atoms with van der Waals surface area (Å²) < 4.78 is 52.6. The van der Waals surface area contributed by atoms with E-state index in [4.69, 9.17) is 0 Å². The predicted molar refractivity (Wildman–Crippen MR) is 137 cm³/mol. The van der Waals surface area contributed by atoms with E-state index < -0.39 is 27.7 Å². The van der Waals surface area contributed by atoms with Gasteiger partial charge < -0.3 is 10.2 Å². The minimum absolute atomic E-state index is 0.0179. The number of rotatable bonds is 13. The highest BCUT2D eigenvalue weighted by Gasteiger charge is 2.29. The first-order valence-corrected chi connectivity index (χ1v) is 13.8. The lowest BCUT2D eigenvalue weighted by Crippen LogP contribution is -2.51. The fourth-order valence-corrected chi connectivity index (χ4v) is 4.88. The molecule has 1 N–H and O–H groups in total. The molecule has 0 radical (unpaired) electrons. The standard InChI is InChI=1S/C26H35F2N3O4S/c1-5-24(26(33)29-19(2)3)30(17-15-20-10-7-6-8-11-20)25(32)12-9-16-31(36(4,34)35)21-13-14-22(27)23(28)18-21/h6-8,10-11,13-14,18-19,24H,5,9,12,15-17H2,1-4H3,(H,29,33)/t24-/m0/s1. The molecule has 0 aliphatic heterocycles. The highest BCUT2D eigenvalue weighted by Crippen LogP contribution is 2.21. The van der Waals surface area contributed by atoms with Crippen molar-refractivity contribution in [1.82, 2.24) is 10.2 Å². The molecule has 0 fully saturated rings. The Labute approximate surface area is 212 Å². The molecule has 0 heterocycles.